The molecule has 1 amide bonds. The molecule has 2 aromatic rings. The van der Waals surface area contributed by atoms with Gasteiger partial charge in [-0.25, -0.2) is 17.7 Å². The number of thioether (sulfide) groups is 1. The van der Waals surface area contributed by atoms with Crippen LogP contribution in [0.5, 0.6) is 0 Å². The molecule has 6 nitrogen and oxygen atoms in total. The van der Waals surface area contributed by atoms with Gasteiger partial charge in [0, 0.05) is 19.7 Å². The van der Waals surface area contributed by atoms with Crippen LogP contribution in [0.2, 0.25) is 5.02 Å². The van der Waals surface area contributed by atoms with Gasteiger partial charge >= 0.3 is 0 Å². The van der Waals surface area contributed by atoms with E-state index in [9.17, 15) is 13.2 Å². The predicted octanol–water partition coefficient (Wildman–Crippen LogP) is 3.35. The van der Waals surface area contributed by atoms with E-state index in [0.29, 0.717) is 5.69 Å². The minimum Gasteiger partial charge on any atom is -0.321 e. The molecule has 9 heteroatoms. The molecule has 2 rings (SSSR count). The lowest BCUT2D eigenvalue weighted by atomic mass is 10.2. The molecule has 1 aromatic carbocycles. The van der Waals surface area contributed by atoms with Crippen LogP contribution in [0, 0.1) is 0 Å². The largest absolute Gasteiger partial charge is 0.321 e. The van der Waals surface area contributed by atoms with Crippen molar-refractivity contribution in [2.75, 3.05) is 25.2 Å². The van der Waals surface area contributed by atoms with Gasteiger partial charge in [-0.2, -0.15) is 0 Å². The highest BCUT2D eigenvalue weighted by Crippen LogP contribution is 2.25. The number of halogens is 1. The van der Waals surface area contributed by atoms with Crippen LogP contribution in [0.1, 0.15) is 17.3 Å². The monoisotopic (exact) mass is 399 g/mol. The lowest BCUT2D eigenvalue weighted by molar-refractivity contribution is 0.102. The maximum atomic E-state index is 12.4. The second-order valence-corrected chi connectivity index (χ2v) is 9.02. The first-order chi connectivity index (χ1) is 11.8. The summed E-state index contributed by atoms with van der Waals surface area (Å²) in [5.41, 5.74) is 0.717. The van der Waals surface area contributed by atoms with Crippen molar-refractivity contribution in [1.29, 1.82) is 0 Å². The Morgan fingerprint density at radius 3 is 2.56 bits per heavy atom. The van der Waals surface area contributed by atoms with Gasteiger partial charge in [-0.3, -0.25) is 4.79 Å². The molecule has 1 heterocycles. The van der Waals surface area contributed by atoms with Crippen LogP contribution in [0.15, 0.2) is 46.5 Å². The summed E-state index contributed by atoms with van der Waals surface area (Å²) in [6.45, 7) is 2.03. The SMILES string of the molecule is CCSc1ccc(NC(=O)c2ccc(Cl)c(S(=O)(=O)N(C)C)c2)cn1. The lowest BCUT2D eigenvalue weighted by Gasteiger charge is -2.14. The number of carbonyl (C=O) groups is 1. The van der Waals surface area contributed by atoms with E-state index in [-0.39, 0.29) is 15.5 Å². The summed E-state index contributed by atoms with van der Waals surface area (Å²) >= 11 is 7.59. The van der Waals surface area contributed by atoms with Gasteiger partial charge < -0.3 is 5.32 Å². The van der Waals surface area contributed by atoms with E-state index < -0.39 is 15.9 Å². The predicted molar refractivity (Wildman–Crippen MR) is 101 cm³/mol. The maximum absolute atomic E-state index is 12.4. The molecule has 0 fully saturated rings. The Labute approximate surface area is 156 Å². The average Bonchev–Trinajstić information content (AvgIpc) is 2.57. The minimum atomic E-state index is -3.74. The summed E-state index contributed by atoms with van der Waals surface area (Å²) in [7, 11) is -0.937. The first-order valence-corrected chi connectivity index (χ1v) is 10.2. The molecule has 0 spiro atoms. The smallest absolute Gasteiger partial charge is 0.255 e. The third kappa shape index (κ3) is 4.72. The van der Waals surface area contributed by atoms with Crippen LogP contribution >= 0.6 is 23.4 Å². The Morgan fingerprint density at radius 1 is 1.28 bits per heavy atom. The van der Waals surface area contributed by atoms with Crippen LogP contribution in [0.4, 0.5) is 5.69 Å². The summed E-state index contributed by atoms with van der Waals surface area (Å²) in [5.74, 6) is 0.469. The highest BCUT2D eigenvalue weighted by Gasteiger charge is 2.22. The zero-order valence-corrected chi connectivity index (χ0v) is 16.4. The van der Waals surface area contributed by atoms with Crippen molar-refractivity contribution in [2.24, 2.45) is 0 Å². The molecule has 0 aliphatic carbocycles. The second kappa shape index (κ2) is 8.18. The van der Waals surface area contributed by atoms with E-state index in [1.165, 1.54) is 32.3 Å². The second-order valence-electron chi connectivity index (χ2n) is 5.20. The van der Waals surface area contributed by atoms with E-state index in [4.69, 9.17) is 11.6 Å². The molecule has 0 aliphatic rings. The molecule has 0 atom stereocenters. The number of hydrogen-bond acceptors (Lipinski definition) is 5. The Balaban J connectivity index is 2.25. The van der Waals surface area contributed by atoms with Crippen molar-refractivity contribution in [3.05, 3.63) is 47.1 Å². The van der Waals surface area contributed by atoms with Gasteiger partial charge in [-0.05, 0) is 36.1 Å². The molecule has 0 radical (unpaired) electrons. The number of hydrogen-bond donors (Lipinski definition) is 1. The summed E-state index contributed by atoms with van der Waals surface area (Å²) in [5, 5.41) is 3.62. The van der Waals surface area contributed by atoms with Crippen molar-refractivity contribution in [1.82, 2.24) is 9.29 Å². The molecule has 0 saturated heterocycles. The highest BCUT2D eigenvalue weighted by molar-refractivity contribution is 7.99. The van der Waals surface area contributed by atoms with Crippen molar-refractivity contribution < 1.29 is 13.2 Å². The van der Waals surface area contributed by atoms with E-state index in [2.05, 4.69) is 10.3 Å². The molecule has 0 bridgehead atoms. The van der Waals surface area contributed by atoms with E-state index in [1.54, 1.807) is 24.0 Å². The Kier molecular flexibility index (Phi) is 6.45. The number of aromatic nitrogens is 1. The van der Waals surface area contributed by atoms with E-state index in [1.807, 2.05) is 13.0 Å². The summed E-state index contributed by atoms with van der Waals surface area (Å²) in [6.07, 6.45) is 1.56. The maximum Gasteiger partial charge on any atom is 0.255 e. The number of amides is 1. The Bertz CT molecular complexity index is 869. The molecule has 1 aromatic heterocycles. The van der Waals surface area contributed by atoms with Crippen LogP contribution in [-0.2, 0) is 10.0 Å². The lowest BCUT2D eigenvalue weighted by Crippen LogP contribution is -2.23. The van der Waals surface area contributed by atoms with Crippen LogP contribution in [0.25, 0.3) is 0 Å². The van der Waals surface area contributed by atoms with E-state index >= 15 is 0 Å². The molecule has 25 heavy (non-hydrogen) atoms. The van der Waals surface area contributed by atoms with Gasteiger partial charge in [0.15, 0.2) is 0 Å². The van der Waals surface area contributed by atoms with E-state index in [0.717, 1.165) is 15.1 Å². The number of nitrogens with one attached hydrogen (secondary N) is 1. The van der Waals surface area contributed by atoms with Crippen molar-refractivity contribution in [2.45, 2.75) is 16.8 Å². The van der Waals surface area contributed by atoms with Crippen molar-refractivity contribution in [3.63, 3.8) is 0 Å². The van der Waals surface area contributed by atoms with Crippen LogP contribution < -0.4 is 5.32 Å². The van der Waals surface area contributed by atoms with Gasteiger partial charge in [0.05, 0.1) is 21.9 Å². The zero-order valence-electron chi connectivity index (χ0n) is 14.0. The van der Waals surface area contributed by atoms with Crippen LogP contribution in [0.3, 0.4) is 0 Å². The fourth-order valence-electron chi connectivity index (χ4n) is 1.93. The zero-order chi connectivity index (χ0) is 18.6. The number of sulfonamides is 1. The molecule has 134 valence electrons. The fraction of sp³-hybridized carbons (Fsp3) is 0.250. The highest BCUT2D eigenvalue weighted by atomic mass is 35.5. The Hall–Kier alpha value is -1.61. The topological polar surface area (TPSA) is 79.4 Å². The molecule has 1 N–H and O–H groups in total. The van der Waals surface area contributed by atoms with Crippen molar-refractivity contribution in [3.8, 4) is 0 Å². The van der Waals surface area contributed by atoms with Gasteiger partial charge in [-0.1, -0.05) is 18.5 Å². The molecule has 0 aliphatic heterocycles. The minimum absolute atomic E-state index is 0.0628. The van der Waals surface area contributed by atoms with Gasteiger partial charge in [0.1, 0.15) is 4.90 Å². The average molecular weight is 400 g/mol. The molecular formula is C16H18ClN3O3S2. The summed E-state index contributed by atoms with van der Waals surface area (Å²) in [4.78, 5) is 16.5. The van der Waals surface area contributed by atoms with Crippen molar-refractivity contribution >= 4 is 45.0 Å². The summed E-state index contributed by atoms with van der Waals surface area (Å²) in [6, 6.07) is 7.69. The van der Waals surface area contributed by atoms with Gasteiger partial charge in [0.25, 0.3) is 5.91 Å². The standard InChI is InChI=1S/C16H18ClN3O3S2/c1-4-24-15-8-6-12(10-18-15)19-16(21)11-5-7-13(17)14(9-11)25(22,23)20(2)3/h5-10H,4H2,1-3H3,(H,19,21). The normalized spacial score (nSPS) is 11.6. The van der Waals surface area contributed by atoms with Crippen LogP contribution in [-0.4, -0.2) is 43.5 Å². The molecular weight excluding hydrogens is 382 g/mol. The first kappa shape index (κ1) is 19.7. The fourth-order valence-corrected chi connectivity index (χ4v) is 3.91. The van der Waals surface area contributed by atoms with Gasteiger partial charge in [-0.15, -0.1) is 11.8 Å². The summed E-state index contributed by atoms with van der Waals surface area (Å²) < 4.78 is 25.6. The number of rotatable bonds is 6. The number of anilines is 1. The molecule has 0 saturated carbocycles. The first-order valence-electron chi connectivity index (χ1n) is 7.38. The number of carbonyl (C=O) groups excluding carboxylic acids is 1. The molecule has 0 unspecified atom stereocenters. The number of pyridine rings is 1. The van der Waals surface area contributed by atoms with Gasteiger partial charge in [0.2, 0.25) is 10.0 Å². The Morgan fingerprint density at radius 2 is 2.00 bits per heavy atom. The third-order valence-corrected chi connectivity index (χ3v) is 6.36. The number of benzene rings is 1. The third-order valence-electron chi connectivity index (χ3n) is 3.24. The quantitative estimate of drug-likeness (QED) is 0.753. The number of nitrogens with zero attached hydrogens (tertiary/aromatic N) is 2.